The van der Waals surface area contributed by atoms with Gasteiger partial charge in [-0.15, -0.1) is 11.8 Å². The fraction of sp³-hybridized carbons (Fsp3) is 0.348. The number of aryl methyl sites for hydroxylation is 1. The number of hydrogen-bond donors (Lipinski definition) is 0. The largest absolute Gasteiger partial charge is 0.289 e. The van der Waals surface area contributed by atoms with E-state index in [1.165, 1.54) is 36.1 Å². The third-order valence-electron chi connectivity index (χ3n) is 4.22. The van der Waals surface area contributed by atoms with E-state index < -0.39 is 0 Å². The van der Waals surface area contributed by atoms with Crippen LogP contribution in [0.5, 0.6) is 0 Å². The van der Waals surface area contributed by atoms with Crippen molar-refractivity contribution >= 4 is 23.6 Å². The SMILES string of the molecule is CCCCCCc1ccccc1/C=C/C(=O)c1ccc(SCC)cc1. The molecule has 0 spiro atoms. The van der Waals surface area contributed by atoms with Crippen molar-refractivity contribution in [1.82, 2.24) is 0 Å². The molecule has 0 fully saturated rings. The van der Waals surface area contributed by atoms with Crippen LogP contribution in [0.25, 0.3) is 6.08 Å². The molecule has 0 aliphatic carbocycles. The molecule has 2 heteroatoms. The van der Waals surface area contributed by atoms with Gasteiger partial charge in [-0.2, -0.15) is 0 Å². The Bertz CT molecular complexity index is 685. The molecule has 0 aromatic heterocycles. The third-order valence-corrected chi connectivity index (χ3v) is 5.11. The van der Waals surface area contributed by atoms with Crippen LogP contribution in [0.3, 0.4) is 0 Å². The summed E-state index contributed by atoms with van der Waals surface area (Å²) in [5.41, 5.74) is 3.24. The number of carbonyl (C=O) groups is 1. The van der Waals surface area contributed by atoms with Crippen molar-refractivity contribution in [2.24, 2.45) is 0 Å². The highest BCUT2D eigenvalue weighted by Crippen LogP contribution is 2.19. The second kappa shape index (κ2) is 10.9. The van der Waals surface area contributed by atoms with E-state index in [9.17, 15) is 4.79 Å². The first kappa shape index (κ1) is 19.5. The quantitative estimate of drug-likeness (QED) is 0.202. The van der Waals surface area contributed by atoms with Crippen molar-refractivity contribution in [2.45, 2.75) is 50.8 Å². The maximum atomic E-state index is 12.4. The molecule has 2 aromatic rings. The summed E-state index contributed by atoms with van der Waals surface area (Å²) in [6, 6.07) is 16.3. The Balaban J connectivity index is 2.01. The highest BCUT2D eigenvalue weighted by molar-refractivity contribution is 7.99. The number of allylic oxidation sites excluding steroid dienone is 1. The lowest BCUT2D eigenvalue weighted by Gasteiger charge is -2.06. The van der Waals surface area contributed by atoms with Crippen LogP contribution in [-0.2, 0) is 6.42 Å². The predicted octanol–water partition coefficient (Wildman–Crippen LogP) is 6.82. The first-order valence-corrected chi connectivity index (χ1v) is 10.3. The molecule has 132 valence electrons. The third kappa shape index (κ3) is 6.55. The van der Waals surface area contributed by atoms with Crippen molar-refractivity contribution in [3.63, 3.8) is 0 Å². The predicted molar refractivity (Wildman–Crippen MR) is 110 cm³/mol. The minimum Gasteiger partial charge on any atom is -0.289 e. The van der Waals surface area contributed by atoms with Gasteiger partial charge in [0.15, 0.2) is 5.78 Å². The number of benzene rings is 2. The van der Waals surface area contributed by atoms with Gasteiger partial charge >= 0.3 is 0 Å². The van der Waals surface area contributed by atoms with E-state index in [0.29, 0.717) is 0 Å². The molecule has 0 aliphatic rings. The Morgan fingerprint density at radius 2 is 1.72 bits per heavy atom. The highest BCUT2D eigenvalue weighted by Gasteiger charge is 2.03. The minimum atomic E-state index is 0.0637. The van der Waals surface area contributed by atoms with E-state index in [2.05, 4.69) is 32.0 Å². The number of hydrogen-bond acceptors (Lipinski definition) is 2. The normalized spacial score (nSPS) is 11.1. The number of unbranched alkanes of at least 4 members (excludes halogenated alkanes) is 3. The van der Waals surface area contributed by atoms with Gasteiger partial charge < -0.3 is 0 Å². The van der Waals surface area contributed by atoms with Gasteiger partial charge in [-0.25, -0.2) is 0 Å². The lowest BCUT2D eigenvalue weighted by atomic mass is 10.00. The molecular formula is C23H28OS. The Morgan fingerprint density at radius 1 is 0.960 bits per heavy atom. The van der Waals surface area contributed by atoms with E-state index in [4.69, 9.17) is 0 Å². The lowest BCUT2D eigenvalue weighted by Crippen LogP contribution is -1.95. The Labute approximate surface area is 156 Å². The molecular weight excluding hydrogens is 324 g/mol. The van der Waals surface area contributed by atoms with Crippen LogP contribution in [0.1, 0.15) is 61.0 Å². The summed E-state index contributed by atoms with van der Waals surface area (Å²) in [5.74, 6) is 1.11. The summed E-state index contributed by atoms with van der Waals surface area (Å²) >= 11 is 1.79. The second-order valence-electron chi connectivity index (χ2n) is 6.16. The van der Waals surface area contributed by atoms with Crippen LogP contribution < -0.4 is 0 Å². The van der Waals surface area contributed by atoms with Crippen molar-refractivity contribution in [3.05, 3.63) is 71.3 Å². The van der Waals surface area contributed by atoms with Crippen LogP contribution in [0.2, 0.25) is 0 Å². The fourth-order valence-corrected chi connectivity index (χ4v) is 3.47. The molecule has 2 rings (SSSR count). The van der Waals surface area contributed by atoms with Crippen LogP contribution in [0.4, 0.5) is 0 Å². The molecule has 0 unspecified atom stereocenters. The molecule has 0 radical (unpaired) electrons. The molecule has 0 aliphatic heterocycles. The van der Waals surface area contributed by atoms with Gasteiger partial charge in [0.25, 0.3) is 0 Å². The first-order chi connectivity index (χ1) is 12.2. The van der Waals surface area contributed by atoms with Gasteiger partial charge in [-0.05, 0) is 60.1 Å². The van der Waals surface area contributed by atoms with Crippen molar-refractivity contribution in [3.8, 4) is 0 Å². The standard InChI is InChI=1S/C23H28OS/c1-3-5-6-7-10-19-11-8-9-12-20(19)15-18-23(24)21-13-16-22(17-14-21)25-4-2/h8-9,11-18H,3-7,10H2,1-2H3/b18-15+. The van der Waals surface area contributed by atoms with E-state index in [1.54, 1.807) is 17.8 Å². The smallest absolute Gasteiger partial charge is 0.185 e. The molecule has 1 nitrogen and oxygen atoms in total. The zero-order chi connectivity index (χ0) is 17.9. The lowest BCUT2D eigenvalue weighted by molar-refractivity contribution is 0.104. The molecule has 0 amide bonds. The Kier molecular flexibility index (Phi) is 8.54. The monoisotopic (exact) mass is 352 g/mol. The number of carbonyl (C=O) groups excluding carboxylic acids is 1. The molecule has 0 N–H and O–H groups in total. The van der Waals surface area contributed by atoms with Gasteiger partial charge in [-0.3, -0.25) is 4.79 Å². The summed E-state index contributed by atoms with van der Waals surface area (Å²) in [7, 11) is 0. The van der Waals surface area contributed by atoms with Gasteiger partial charge in [0.05, 0.1) is 0 Å². The zero-order valence-electron chi connectivity index (χ0n) is 15.3. The Morgan fingerprint density at radius 3 is 2.44 bits per heavy atom. The molecule has 25 heavy (non-hydrogen) atoms. The van der Waals surface area contributed by atoms with Gasteiger partial charge in [0.2, 0.25) is 0 Å². The Hall–Kier alpha value is -1.80. The topological polar surface area (TPSA) is 17.1 Å². The molecule has 0 heterocycles. The fourth-order valence-electron chi connectivity index (χ4n) is 2.81. The van der Waals surface area contributed by atoms with E-state index in [-0.39, 0.29) is 5.78 Å². The molecule has 0 saturated carbocycles. The summed E-state index contributed by atoms with van der Waals surface area (Å²) in [5, 5.41) is 0. The van der Waals surface area contributed by atoms with E-state index in [0.717, 1.165) is 23.3 Å². The summed E-state index contributed by atoms with van der Waals surface area (Å²) in [6.07, 6.45) is 9.78. The van der Waals surface area contributed by atoms with Crippen molar-refractivity contribution in [2.75, 3.05) is 5.75 Å². The second-order valence-corrected chi connectivity index (χ2v) is 7.50. The average Bonchev–Trinajstić information content (AvgIpc) is 2.65. The number of thioether (sulfide) groups is 1. The van der Waals surface area contributed by atoms with Gasteiger partial charge in [0.1, 0.15) is 0 Å². The summed E-state index contributed by atoms with van der Waals surface area (Å²) < 4.78 is 0. The van der Waals surface area contributed by atoms with Crippen molar-refractivity contribution < 1.29 is 4.79 Å². The minimum absolute atomic E-state index is 0.0637. The van der Waals surface area contributed by atoms with E-state index in [1.807, 2.05) is 36.4 Å². The number of ketones is 1. The molecule has 0 bridgehead atoms. The van der Waals surface area contributed by atoms with Crippen LogP contribution in [0.15, 0.2) is 59.5 Å². The van der Waals surface area contributed by atoms with Crippen LogP contribution in [0, 0.1) is 0 Å². The van der Waals surface area contributed by atoms with E-state index >= 15 is 0 Å². The average molecular weight is 353 g/mol. The summed E-state index contributed by atoms with van der Waals surface area (Å²) in [4.78, 5) is 13.6. The maximum absolute atomic E-state index is 12.4. The zero-order valence-corrected chi connectivity index (χ0v) is 16.1. The molecule has 2 aromatic carbocycles. The first-order valence-electron chi connectivity index (χ1n) is 9.27. The highest BCUT2D eigenvalue weighted by atomic mass is 32.2. The maximum Gasteiger partial charge on any atom is 0.185 e. The van der Waals surface area contributed by atoms with Crippen LogP contribution >= 0.6 is 11.8 Å². The van der Waals surface area contributed by atoms with Gasteiger partial charge in [0, 0.05) is 10.5 Å². The van der Waals surface area contributed by atoms with Crippen LogP contribution in [-0.4, -0.2) is 11.5 Å². The summed E-state index contributed by atoms with van der Waals surface area (Å²) in [6.45, 7) is 4.36. The number of rotatable bonds is 10. The molecule has 0 saturated heterocycles. The van der Waals surface area contributed by atoms with Gasteiger partial charge in [-0.1, -0.05) is 63.5 Å². The van der Waals surface area contributed by atoms with Crippen molar-refractivity contribution in [1.29, 1.82) is 0 Å². The molecule has 0 atom stereocenters.